The predicted molar refractivity (Wildman–Crippen MR) is 105 cm³/mol. The molecule has 0 saturated carbocycles. The van der Waals surface area contributed by atoms with Crippen molar-refractivity contribution in [2.24, 2.45) is 0 Å². The molecule has 0 bridgehead atoms. The largest absolute Gasteiger partial charge is 0.452 e. The SMILES string of the molecule is CC1Sc2ccc(C(=O)OCC(=O)Nc3cc(C(C)(C)C)no3)cc2NC1=O. The summed E-state index contributed by atoms with van der Waals surface area (Å²) < 4.78 is 10.1. The number of ether oxygens (including phenoxy) is 1. The number of carbonyl (C=O) groups is 3. The molecular formula is C19H21N3O5S. The second-order valence-electron chi connectivity index (χ2n) is 7.41. The number of nitrogens with one attached hydrogen (secondary N) is 2. The van der Waals surface area contributed by atoms with Crippen LogP contribution in [0.5, 0.6) is 0 Å². The molecule has 0 radical (unpaired) electrons. The standard InChI is InChI=1S/C19H21N3O5S/c1-10-17(24)20-12-7-11(5-6-13(12)28-10)18(25)26-9-15(23)21-16-8-14(22-27-16)19(2,3)4/h5-8,10H,9H2,1-4H3,(H,20,24)(H,21,23). The van der Waals surface area contributed by atoms with Crippen molar-refractivity contribution in [2.45, 2.75) is 43.3 Å². The molecule has 1 aromatic heterocycles. The van der Waals surface area contributed by atoms with Gasteiger partial charge < -0.3 is 14.6 Å². The second-order valence-corrected chi connectivity index (χ2v) is 8.79. The summed E-state index contributed by atoms with van der Waals surface area (Å²) in [7, 11) is 0. The fourth-order valence-corrected chi connectivity index (χ4v) is 3.34. The van der Waals surface area contributed by atoms with Crippen LogP contribution in [0.2, 0.25) is 0 Å². The molecule has 2 amide bonds. The van der Waals surface area contributed by atoms with Crippen LogP contribution in [-0.2, 0) is 19.7 Å². The van der Waals surface area contributed by atoms with E-state index in [0.29, 0.717) is 11.4 Å². The molecule has 1 unspecified atom stereocenters. The fraction of sp³-hybridized carbons (Fsp3) is 0.368. The molecule has 2 heterocycles. The topological polar surface area (TPSA) is 111 Å². The van der Waals surface area contributed by atoms with Gasteiger partial charge >= 0.3 is 5.97 Å². The van der Waals surface area contributed by atoms with E-state index in [1.165, 1.54) is 11.8 Å². The molecule has 0 saturated heterocycles. The number of nitrogens with zero attached hydrogens (tertiary/aromatic N) is 1. The van der Waals surface area contributed by atoms with Gasteiger partial charge in [0.25, 0.3) is 5.91 Å². The lowest BCUT2D eigenvalue weighted by molar-refractivity contribution is -0.119. The summed E-state index contributed by atoms with van der Waals surface area (Å²) >= 11 is 1.42. The number of anilines is 2. The highest BCUT2D eigenvalue weighted by molar-refractivity contribution is 8.00. The third kappa shape index (κ3) is 4.53. The van der Waals surface area contributed by atoms with Crippen molar-refractivity contribution in [1.82, 2.24) is 5.16 Å². The molecule has 8 nitrogen and oxygen atoms in total. The predicted octanol–water partition coefficient (Wildman–Crippen LogP) is 3.20. The molecule has 2 aromatic rings. The Hall–Kier alpha value is -2.81. The van der Waals surface area contributed by atoms with Gasteiger partial charge in [0.05, 0.1) is 22.2 Å². The van der Waals surface area contributed by atoms with Crippen molar-refractivity contribution in [3.8, 4) is 0 Å². The number of fused-ring (bicyclic) bond motifs is 1. The molecule has 148 valence electrons. The van der Waals surface area contributed by atoms with Gasteiger partial charge in [0, 0.05) is 16.4 Å². The van der Waals surface area contributed by atoms with Gasteiger partial charge in [0.1, 0.15) is 0 Å². The average Bonchev–Trinajstić information content (AvgIpc) is 3.09. The number of carbonyl (C=O) groups excluding carboxylic acids is 3. The summed E-state index contributed by atoms with van der Waals surface area (Å²) in [6.45, 7) is 7.25. The van der Waals surface area contributed by atoms with Crippen LogP contribution in [0.3, 0.4) is 0 Å². The summed E-state index contributed by atoms with van der Waals surface area (Å²) in [6, 6.07) is 6.51. The maximum atomic E-state index is 12.2. The monoisotopic (exact) mass is 403 g/mol. The van der Waals surface area contributed by atoms with E-state index in [1.54, 1.807) is 24.3 Å². The first-order valence-electron chi connectivity index (χ1n) is 8.69. The Morgan fingerprint density at radius 1 is 1.32 bits per heavy atom. The van der Waals surface area contributed by atoms with Crippen molar-refractivity contribution < 1.29 is 23.6 Å². The normalized spacial score (nSPS) is 16.1. The van der Waals surface area contributed by atoms with Crippen LogP contribution >= 0.6 is 11.8 Å². The number of benzene rings is 1. The van der Waals surface area contributed by atoms with E-state index in [0.717, 1.165) is 4.90 Å². The molecule has 3 rings (SSSR count). The zero-order valence-corrected chi connectivity index (χ0v) is 16.8. The van der Waals surface area contributed by atoms with Gasteiger partial charge in [-0.3, -0.25) is 14.9 Å². The van der Waals surface area contributed by atoms with Crippen molar-refractivity contribution in [3.63, 3.8) is 0 Å². The third-order valence-electron chi connectivity index (χ3n) is 4.02. The quantitative estimate of drug-likeness (QED) is 0.754. The number of hydrogen-bond acceptors (Lipinski definition) is 7. The molecular weight excluding hydrogens is 382 g/mol. The van der Waals surface area contributed by atoms with E-state index in [1.807, 2.05) is 27.7 Å². The molecule has 1 aliphatic rings. The molecule has 2 N–H and O–H groups in total. The number of esters is 1. The Balaban J connectivity index is 1.57. The Morgan fingerprint density at radius 2 is 2.07 bits per heavy atom. The van der Waals surface area contributed by atoms with Gasteiger partial charge in [-0.25, -0.2) is 4.79 Å². The summed E-state index contributed by atoms with van der Waals surface area (Å²) in [5.41, 5.74) is 1.29. The lowest BCUT2D eigenvalue weighted by atomic mass is 9.92. The fourth-order valence-electron chi connectivity index (χ4n) is 2.41. The maximum absolute atomic E-state index is 12.2. The Labute approximate surface area is 166 Å². The molecule has 1 atom stereocenters. The summed E-state index contributed by atoms with van der Waals surface area (Å²) in [4.78, 5) is 36.8. The van der Waals surface area contributed by atoms with E-state index in [4.69, 9.17) is 9.26 Å². The van der Waals surface area contributed by atoms with Gasteiger partial charge in [0.2, 0.25) is 11.8 Å². The second kappa shape index (κ2) is 7.67. The minimum absolute atomic E-state index is 0.121. The molecule has 0 fully saturated rings. The zero-order chi connectivity index (χ0) is 20.5. The molecule has 0 aliphatic carbocycles. The van der Waals surface area contributed by atoms with Crippen LogP contribution in [0.15, 0.2) is 33.7 Å². The molecule has 1 aromatic carbocycles. The van der Waals surface area contributed by atoms with Gasteiger partial charge in [-0.2, -0.15) is 0 Å². The molecule has 0 spiro atoms. The summed E-state index contributed by atoms with van der Waals surface area (Å²) in [6.07, 6.45) is 0. The van der Waals surface area contributed by atoms with E-state index >= 15 is 0 Å². The van der Waals surface area contributed by atoms with Gasteiger partial charge in [0.15, 0.2) is 6.61 Å². The lowest BCUT2D eigenvalue weighted by Gasteiger charge is -2.21. The minimum Gasteiger partial charge on any atom is -0.452 e. The van der Waals surface area contributed by atoms with Crippen LogP contribution in [0.1, 0.15) is 43.7 Å². The Bertz CT molecular complexity index is 932. The zero-order valence-electron chi connectivity index (χ0n) is 16.0. The summed E-state index contributed by atoms with van der Waals surface area (Å²) in [5, 5.41) is 8.96. The third-order valence-corrected chi connectivity index (χ3v) is 5.20. The van der Waals surface area contributed by atoms with Crippen molar-refractivity contribution >= 4 is 41.1 Å². The number of hydrogen-bond donors (Lipinski definition) is 2. The highest BCUT2D eigenvalue weighted by atomic mass is 32.2. The Kier molecular flexibility index (Phi) is 5.46. The molecule has 1 aliphatic heterocycles. The average molecular weight is 403 g/mol. The van der Waals surface area contributed by atoms with Gasteiger partial charge in [-0.1, -0.05) is 25.9 Å². The molecule has 9 heteroatoms. The minimum atomic E-state index is -0.663. The lowest BCUT2D eigenvalue weighted by Crippen LogP contribution is -2.26. The Morgan fingerprint density at radius 3 is 2.75 bits per heavy atom. The van der Waals surface area contributed by atoms with Crippen LogP contribution in [0.4, 0.5) is 11.6 Å². The highest BCUT2D eigenvalue weighted by Gasteiger charge is 2.24. The van der Waals surface area contributed by atoms with Crippen molar-refractivity contribution in [2.75, 3.05) is 17.2 Å². The first kappa shape index (κ1) is 19.9. The van der Waals surface area contributed by atoms with E-state index in [-0.39, 0.29) is 28.0 Å². The van der Waals surface area contributed by atoms with Crippen LogP contribution in [0.25, 0.3) is 0 Å². The number of rotatable bonds is 4. The first-order valence-corrected chi connectivity index (χ1v) is 9.57. The van der Waals surface area contributed by atoms with Crippen molar-refractivity contribution in [1.29, 1.82) is 0 Å². The smallest absolute Gasteiger partial charge is 0.338 e. The van der Waals surface area contributed by atoms with Crippen LogP contribution in [0, 0.1) is 0 Å². The maximum Gasteiger partial charge on any atom is 0.338 e. The number of amides is 2. The number of aromatic nitrogens is 1. The van der Waals surface area contributed by atoms with Crippen molar-refractivity contribution in [3.05, 3.63) is 35.5 Å². The summed E-state index contributed by atoms with van der Waals surface area (Å²) in [5.74, 6) is -1.14. The first-order chi connectivity index (χ1) is 13.1. The number of thioether (sulfide) groups is 1. The van der Waals surface area contributed by atoms with E-state index < -0.39 is 18.5 Å². The van der Waals surface area contributed by atoms with Gasteiger partial charge in [-0.05, 0) is 25.1 Å². The van der Waals surface area contributed by atoms with E-state index in [2.05, 4.69) is 15.8 Å². The van der Waals surface area contributed by atoms with E-state index in [9.17, 15) is 14.4 Å². The molecule has 28 heavy (non-hydrogen) atoms. The van der Waals surface area contributed by atoms with Gasteiger partial charge in [-0.15, -0.1) is 11.8 Å². The highest BCUT2D eigenvalue weighted by Crippen LogP contribution is 2.36. The van der Waals surface area contributed by atoms with Crippen LogP contribution < -0.4 is 10.6 Å². The van der Waals surface area contributed by atoms with Crippen LogP contribution in [-0.4, -0.2) is 34.8 Å².